The van der Waals surface area contributed by atoms with Crippen LogP contribution < -0.4 is 4.90 Å². The van der Waals surface area contributed by atoms with Crippen LogP contribution in [0.5, 0.6) is 0 Å². The first-order valence-corrected chi connectivity index (χ1v) is 7.63. The first-order valence-electron chi connectivity index (χ1n) is 7.22. The average molecular weight is 282 g/mol. The molecule has 0 aliphatic heterocycles. The number of nitrogens with zero attached hydrogens (tertiary/aromatic N) is 3. The van der Waals surface area contributed by atoms with Gasteiger partial charge in [0.05, 0.1) is 0 Å². The maximum Gasteiger partial charge on any atom is 0.225 e. The van der Waals surface area contributed by atoms with Crippen LogP contribution in [-0.2, 0) is 0 Å². The highest BCUT2D eigenvalue weighted by atomic mass is 32.1. The van der Waals surface area contributed by atoms with Gasteiger partial charge in [0.2, 0.25) is 5.95 Å². The molecule has 1 saturated carbocycles. The number of rotatable bonds is 3. The topological polar surface area (TPSA) is 36.9 Å². The second kappa shape index (κ2) is 5.27. The van der Waals surface area contributed by atoms with Gasteiger partial charge in [-0.25, -0.2) is 5.10 Å². The van der Waals surface area contributed by atoms with Gasteiger partial charge in [-0.15, -0.1) is 5.10 Å². The van der Waals surface area contributed by atoms with Crippen molar-refractivity contribution in [3.63, 3.8) is 0 Å². The first-order chi connectivity index (χ1) is 8.82. The molecule has 1 unspecified atom stereocenters. The lowest BCUT2D eigenvalue weighted by Gasteiger charge is -2.36. The summed E-state index contributed by atoms with van der Waals surface area (Å²) in [4.78, 5) is 2.25. The van der Waals surface area contributed by atoms with Gasteiger partial charge in [-0.3, -0.25) is 4.57 Å². The fourth-order valence-electron chi connectivity index (χ4n) is 2.79. The van der Waals surface area contributed by atoms with E-state index >= 15 is 0 Å². The molecule has 108 valence electrons. The summed E-state index contributed by atoms with van der Waals surface area (Å²) >= 11 is 5.43. The Labute approximate surface area is 121 Å². The Morgan fingerprint density at radius 2 is 1.95 bits per heavy atom. The van der Waals surface area contributed by atoms with Crippen molar-refractivity contribution in [1.82, 2.24) is 14.8 Å². The lowest BCUT2D eigenvalue weighted by molar-refractivity contribution is 0.323. The van der Waals surface area contributed by atoms with Gasteiger partial charge in [0.15, 0.2) is 4.77 Å². The van der Waals surface area contributed by atoms with Crippen LogP contribution in [0.2, 0.25) is 0 Å². The van der Waals surface area contributed by atoms with Crippen molar-refractivity contribution in [2.45, 2.75) is 65.5 Å². The third kappa shape index (κ3) is 2.86. The van der Waals surface area contributed by atoms with Gasteiger partial charge in [0, 0.05) is 19.1 Å². The number of anilines is 1. The summed E-state index contributed by atoms with van der Waals surface area (Å²) in [6.07, 6.45) is 5.04. The molecule has 4 nitrogen and oxygen atoms in total. The monoisotopic (exact) mass is 282 g/mol. The molecule has 0 radical (unpaired) electrons. The third-order valence-corrected chi connectivity index (χ3v) is 4.81. The SMILES string of the molecule is CC(N(C)c1n[nH]c(=S)n1C1CCCC1)C(C)(C)C. The molecule has 5 heteroatoms. The quantitative estimate of drug-likeness (QED) is 0.854. The summed E-state index contributed by atoms with van der Waals surface area (Å²) in [5.41, 5.74) is 0.211. The van der Waals surface area contributed by atoms with E-state index in [4.69, 9.17) is 12.2 Å². The molecule has 0 bridgehead atoms. The second-order valence-corrected chi connectivity index (χ2v) is 7.18. The van der Waals surface area contributed by atoms with Crippen LogP contribution >= 0.6 is 12.2 Å². The minimum Gasteiger partial charge on any atom is -0.341 e. The summed E-state index contributed by atoms with van der Waals surface area (Å²) in [6, 6.07) is 0.925. The molecule has 0 saturated heterocycles. The second-order valence-electron chi connectivity index (χ2n) is 6.79. The number of hydrogen-bond acceptors (Lipinski definition) is 3. The number of hydrogen-bond donors (Lipinski definition) is 1. The lowest BCUT2D eigenvalue weighted by atomic mass is 9.87. The van der Waals surface area contributed by atoms with Crippen LogP contribution in [0.25, 0.3) is 0 Å². The van der Waals surface area contributed by atoms with Crippen molar-refractivity contribution < 1.29 is 0 Å². The van der Waals surface area contributed by atoms with E-state index in [1.165, 1.54) is 25.7 Å². The highest BCUT2D eigenvalue weighted by Gasteiger charge is 2.29. The summed E-state index contributed by atoms with van der Waals surface area (Å²) in [5.74, 6) is 0.985. The predicted octanol–water partition coefficient (Wildman–Crippen LogP) is 3.93. The Morgan fingerprint density at radius 3 is 2.47 bits per heavy atom. The highest BCUT2D eigenvalue weighted by Crippen LogP contribution is 2.34. The van der Waals surface area contributed by atoms with Crippen LogP contribution in [-0.4, -0.2) is 27.9 Å². The van der Waals surface area contributed by atoms with Gasteiger partial charge < -0.3 is 4.90 Å². The maximum absolute atomic E-state index is 5.43. The van der Waals surface area contributed by atoms with Crippen molar-refractivity contribution in [3.8, 4) is 0 Å². The number of H-pyrrole nitrogens is 1. The van der Waals surface area contributed by atoms with Crippen molar-refractivity contribution in [3.05, 3.63) is 4.77 Å². The van der Waals surface area contributed by atoms with Gasteiger partial charge in [-0.05, 0) is 37.4 Å². The molecule has 2 rings (SSSR count). The van der Waals surface area contributed by atoms with Crippen molar-refractivity contribution in [2.75, 3.05) is 11.9 Å². The van der Waals surface area contributed by atoms with E-state index in [0.29, 0.717) is 12.1 Å². The zero-order valence-electron chi connectivity index (χ0n) is 12.7. The van der Waals surface area contributed by atoms with E-state index in [1.54, 1.807) is 0 Å². The van der Waals surface area contributed by atoms with Crippen LogP contribution in [0.15, 0.2) is 0 Å². The number of aromatic nitrogens is 3. The normalized spacial score (nSPS) is 18.8. The standard InChI is InChI=1S/C14H26N4S/c1-10(14(2,3)4)17(5)12-15-16-13(19)18(12)11-8-6-7-9-11/h10-11H,6-9H2,1-5H3,(H,16,19). The third-order valence-electron chi connectivity index (χ3n) is 4.53. The number of aromatic amines is 1. The van der Waals surface area contributed by atoms with Crippen molar-refractivity contribution >= 4 is 18.2 Å². The van der Waals surface area contributed by atoms with Crippen molar-refractivity contribution in [1.29, 1.82) is 0 Å². The number of nitrogens with one attached hydrogen (secondary N) is 1. The molecule has 19 heavy (non-hydrogen) atoms. The molecule has 1 aromatic heterocycles. The highest BCUT2D eigenvalue weighted by molar-refractivity contribution is 7.71. The van der Waals surface area contributed by atoms with Crippen LogP contribution in [0.1, 0.15) is 59.4 Å². The van der Waals surface area contributed by atoms with E-state index in [2.05, 4.69) is 54.4 Å². The molecule has 1 N–H and O–H groups in total. The van der Waals surface area contributed by atoms with Crippen LogP contribution in [0.4, 0.5) is 5.95 Å². The van der Waals surface area contributed by atoms with E-state index in [-0.39, 0.29) is 5.41 Å². The predicted molar refractivity (Wildman–Crippen MR) is 82.2 cm³/mol. The summed E-state index contributed by atoms with van der Waals surface area (Å²) in [6.45, 7) is 9.02. The Kier molecular flexibility index (Phi) is 4.04. The van der Waals surface area contributed by atoms with Crippen LogP contribution in [0.3, 0.4) is 0 Å². The molecule has 1 aliphatic rings. The fourth-order valence-corrected chi connectivity index (χ4v) is 3.07. The zero-order valence-corrected chi connectivity index (χ0v) is 13.5. The summed E-state index contributed by atoms with van der Waals surface area (Å²) in [5, 5.41) is 7.44. The van der Waals surface area contributed by atoms with E-state index in [1.807, 2.05) is 0 Å². The molecular weight excluding hydrogens is 256 g/mol. The Balaban J connectivity index is 2.32. The van der Waals surface area contributed by atoms with E-state index < -0.39 is 0 Å². The molecular formula is C14H26N4S. The molecule has 0 spiro atoms. The molecule has 1 aliphatic carbocycles. The van der Waals surface area contributed by atoms with Gasteiger partial charge in [0.1, 0.15) is 0 Å². The van der Waals surface area contributed by atoms with E-state index in [9.17, 15) is 0 Å². The zero-order chi connectivity index (χ0) is 14.2. The van der Waals surface area contributed by atoms with Gasteiger partial charge in [0.25, 0.3) is 0 Å². The Morgan fingerprint density at radius 1 is 1.37 bits per heavy atom. The molecule has 0 amide bonds. The van der Waals surface area contributed by atoms with Gasteiger partial charge >= 0.3 is 0 Å². The fraction of sp³-hybridized carbons (Fsp3) is 0.857. The Bertz CT molecular complexity index is 476. The van der Waals surface area contributed by atoms with Gasteiger partial charge in [-0.2, -0.15) is 0 Å². The first kappa shape index (κ1) is 14.6. The molecule has 1 aromatic rings. The van der Waals surface area contributed by atoms with Crippen LogP contribution in [0, 0.1) is 10.2 Å². The van der Waals surface area contributed by atoms with Crippen molar-refractivity contribution in [2.24, 2.45) is 5.41 Å². The summed E-state index contributed by atoms with van der Waals surface area (Å²) < 4.78 is 2.99. The van der Waals surface area contributed by atoms with E-state index in [0.717, 1.165) is 10.7 Å². The molecule has 1 fully saturated rings. The minimum atomic E-state index is 0.211. The maximum atomic E-state index is 5.43. The summed E-state index contributed by atoms with van der Waals surface area (Å²) in [7, 11) is 2.12. The largest absolute Gasteiger partial charge is 0.341 e. The smallest absolute Gasteiger partial charge is 0.225 e. The molecule has 1 heterocycles. The lowest BCUT2D eigenvalue weighted by Crippen LogP contribution is -2.41. The minimum absolute atomic E-state index is 0.211. The molecule has 1 atom stereocenters. The average Bonchev–Trinajstić information content (AvgIpc) is 2.94. The Hall–Kier alpha value is -0.840. The van der Waals surface area contributed by atoms with Gasteiger partial charge in [-0.1, -0.05) is 33.6 Å². The molecule has 0 aromatic carbocycles.